The van der Waals surface area contributed by atoms with Crippen LogP contribution in [-0.4, -0.2) is 43.8 Å². The van der Waals surface area contributed by atoms with E-state index >= 15 is 0 Å². The van der Waals surface area contributed by atoms with Crippen molar-refractivity contribution in [3.8, 4) is 0 Å². The number of pyridine rings is 1. The minimum absolute atomic E-state index is 0.129. The van der Waals surface area contributed by atoms with E-state index in [4.69, 9.17) is 4.74 Å². The van der Waals surface area contributed by atoms with E-state index in [1.807, 2.05) is 31.2 Å². The maximum Gasteiger partial charge on any atom is 0.252 e. The lowest BCUT2D eigenvalue weighted by Gasteiger charge is -2.30. The monoisotopic (exact) mass is 464 g/mol. The summed E-state index contributed by atoms with van der Waals surface area (Å²) in [5, 5.41) is 13.3. The van der Waals surface area contributed by atoms with Gasteiger partial charge in [0.05, 0.1) is 19.2 Å². The molecule has 1 N–H and O–H groups in total. The molecule has 2 aromatic carbocycles. The number of rotatable bonds is 10. The van der Waals surface area contributed by atoms with Crippen molar-refractivity contribution in [2.24, 2.45) is 0 Å². The Hall–Kier alpha value is -3.43. The summed E-state index contributed by atoms with van der Waals surface area (Å²) in [6.07, 6.45) is 0.721. The summed E-state index contributed by atoms with van der Waals surface area (Å²) < 4.78 is 20.5. The highest BCUT2D eigenvalue weighted by atomic mass is 19.1. The molecule has 178 valence electrons. The number of hydrogen-bond acceptors (Lipinski definition) is 6. The highest BCUT2D eigenvalue weighted by Crippen LogP contribution is 2.26. The molecular weight excluding hydrogens is 435 g/mol. The fraction of sp³-hybridized carbons (Fsp3) is 0.360. The van der Waals surface area contributed by atoms with Crippen LogP contribution in [0.15, 0.2) is 53.3 Å². The average molecular weight is 465 g/mol. The number of nitrogens with one attached hydrogen (secondary N) is 1. The Balaban J connectivity index is 1.72. The van der Waals surface area contributed by atoms with Crippen LogP contribution in [0.4, 0.5) is 4.39 Å². The van der Waals surface area contributed by atoms with E-state index in [-0.39, 0.29) is 17.4 Å². The third-order valence-corrected chi connectivity index (χ3v) is 5.94. The third kappa shape index (κ3) is 5.37. The highest BCUT2D eigenvalue weighted by Gasteiger charge is 2.26. The SMILES string of the molecule is CC[C@@H](c1nnnn1CCOC)N(Cc1ccc(F)cc1)Cc1cc2ccc(C)cc2[nH]c1=O. The van der Waals surface area contributed by atoms with Gasteiger partial charge >= 0.3 is 0 Å². The van der Waals surface area contributed by atoms with Gasteiger partial charge in [-0.25, -0.2) is 9.07 Å². The Morgan fingerprint density at radius 3 is 2.68 bits per heavy atom. The van der Waals surface area contributed by atoms with Gasteiger partial charge in [-0.15, -0.1) is 5.10 Å². The molecule has 0 saturated carbocycles. The zero-order valence-electron chi connectivity index (χ0n) is 19.7. The van der Waals surface area contributed by atoms with E-state index in [1.54, 1.807) is 23.9 Å². The molecule has 9 heteroatoms. The summed E-state index contributed by atoms with van der Waals surface area (Å²) >= 11 is 0. The zero-order valence-corrected chi connectivity index (χ0v) is 19.7. The average Bonchev–Trinajstić information content (AvgIpc) is 3.28. The van der Waals surface area contributed by atoms with Crippen LogP contribution in [0.25, 0.3) is 10.9 Å². The smallest absolute Gasteiger partial charge is 0.252 e. The summed E-state index contributed by atoms with van der Waals surface area (Å²) in [6, 6.07) is 14.2. The van der Waals surface area contributed by atoms with Crippen LogP contribution in [0.3, 0.4) is 0 Å². The van der Waals surface area contributed by atoms with Crippen molar-refractivity contribution in [1.29, 1.82) is 0 Å². The van der Waals surface area contributed by atoms with Gasteiger partial charge in [0, 0.05) is 31.3 Å². The van der Waals surface area contributed by atoms with Crippen molar-refractivity contribution in [2.45, 2.75) is 45.9 Å². The molecule has 4 rings (SSSR count). The first-order valence-electron chi connectivity index (χ1n) is 11.3. The molecule has 0 aliphatic rings. The molecule has 0 bridgehead atoms. The van der Waals surface area contributed by atoms with Gasteiger partial charge in [0.15, 0.2) is 5.82 Å². The summed E-state index contributed by atoms with van der Waals surface area (Å²) in [4.78, 5) is 18.2. The van der Waals surface area contributed by atoms with Crippen LogP contribution in [0.5, 0.6) is 0 Å². The van der Waals surface area contributed by atoms with Gasteiger partial charge in [-0.05, 0) is 64.5 Å². The van der Waals surface area contributed by atoms with Crippen LogP contribution < -0.4 is 5.56 Å². The molecule has 2 aromatic heterocycles. The number of aromatic nitrogens is 5. The van der Waals surface area contributed by atoms with Gasteiger partial charge in [0.1, 0.15) is 5.82 Å². The summed E-state index contributed by atoms with van der Waals surface area (Å²) in [5.41, 5.74) is 3.35. The van der Waals surface area contributed by atoms with E-state index in [0.29, 0.717) is 37.6 Å². The van der Waals surface area contributed by atoms with E-state index < -0.39 is 0 Å². The Morgan fingerprint density at radius 2 is 1.94 bits per heavy atom. The minimum Gasteiger partial charge on any atom is -0.383 e. The molecule has 0 saturated heterocycles. The standard InChI is InChI=1S/C25H29FN6O2/c1-4-23(24-28-29-30-32(24)11-12-34-3)31(15-18-6-9-21(26)10-7-18)16-20-14-19-8-5-17(2)13-22(19)27-25(20)33/h5-10,13-14,23H,4,11-12,15-16H2,1-3H3,(H,27,33)/t23-/m0/s1. The Kier molecular flexibility index (Phi) is 7.44. The van der Waals surface area contributed by atoms with Crippen molar-refractivity contribution in [3.05, 3.63) is 87.2 Å². The number of H-pyrrole nitrogens is 1. The molecule has 2 heterocycles. The highest BCUT2D eigenvalue weighted by molar-refractivity contribution is 5.79. The van der Waals surface area contributed by atoms with Crippen LogP contribution in [0, 0.1) is 12.7 Å². The Bertz CT molecular complexity index is 1300. The predicted octanol–water partition coefficient (Wildman–Crippen LogP) is 3.76. The summed E-state index contributed by atoms with van der Waals surface area (Å²) in [5.74, 6) is 0.418. The van der Waals surface area contributed by atoms with Crippen LogP contribution in [-0.2, 0) is 24.4 Å². The van der Waals surface area contributed by atoms with Gasteiger partial charge in [-0.3, -0.25) is 9.69 Å². The first-order valence-corrected chi connectivity index (χ1v) is 11.3. The predicted molar refractivity (Wildman–Crippen MR) is 128 cm³/mol. The quantitative estimate of drug-likeness (QED) is 0.384. The number of benzene rings is 2. The molecule has 0 aliphatic carbocycles. The topological polar surface area (TPSA) is 88.9 Å². The van der Waals surface area contributed by atoms with Gasteiger partial charge in [0.25, 0.3) is 5.56 Å². The van der Waals surface area contributed by atoms with Crippen molar-refractivity contribution < 1.29 is 9.13 Å². The second-order valence-electron chi connectivity index (χ2n) is 8.42. The molecule has 8 nitrogen and oxygen atoms in total. The maximum atomic E-state index is 13.5. The number of ether oxygens (including phenoxy) is 1. The number of hydrogen-bond donors (Lipinski definition) is 1. The van der Waals surface area contributed by atoms with Crippen LogP contribution in [0.1, 0.15) is 41.9 Å². The lowest BCUT2D eigenvalue weighted by Crippen LogP contribution is -2.32. The number of aryl methyl sites for hydroxylation is 1. The second-order valence-corrected chi connectivity index (χ2v) is 8.42. The van der Waals surface area contributed by atoms with Gasteiger partial charge in [0.2, 0.25) is 0 Å². The Labute approximate surface area is 197 Å². The molecule has 1 atom stereocenters. The van der Waals surface area contributed by atoms with Gasteiger partial charge in [-0.2, -0.15) is 0 Å². The van der Waals surface area contributed by atoms with Crippen LogP contribution in [0.2, 0.25) is 0 Å². The van der Waals surface area contributed by atoms with Gasteiger partial charge in [-0.1, -0.05) is 31.2 Å². The van der Waals surface area contributed by atoms with E-state index in [1.165, 1.54) is 12.1 Å². The van der Waals surface area contributed by atoms with E-state index in [9.17, 15) is 9.18 Å². The number of nitrogens with zero attached hydrogens (tertiary/aromatic N) is 5. The molecule has 0 aliphatic heterocycles. The fourth-order valence-corrected chi connectivity index (χ4v) is 4.19. The normalized spacial score (nSPS) is 12.5. The second kappa shape index (κ2) is 10.7. The van der Waals surface area contributed by atoms with Crippen molar-refractivity contribution >= 4 is 10.9 Å². The number of tetrazole rings is 1. The lowest BCUT2D eigenvalue weighted by molar-refractivity contribution is 0.151. The zero-order chi connectivity index (χ0) is 24.1. The fourth-order valence-electron chi connectivity index (χ4n) is 4.19. The Morgan fingerprint density at radius 1 is 1.15 bits per heavy atom. The summed E-state index contributed by atoms with van der Waals surface area (Å²) in [6.45, 7) is 5.94. The lowest BCUT2D eigenvalue weighted by atomic mass is 10.1. The molecule has 4 aromatic rings. The molecular formula is C25H29FN6O2. The first-order chi connectivity index (χ1) is 16.5. The number of fused-ring (bicyclic) bond motifs is 1. The number of halogens is 1. The van der Waals surface area contributed by atoms with E-state index in [2.05, 4.69) is 32.3 Å². The largest absolute Gasteiger partial charge is 0.383 e. The van der Waals surface area contributed by atoms with Gasteiger partial charge < -0.3 is 9.72 Å². The van der Waals surface area contributed by atoms with Crippen molar-refractivity contribution in [1.82, 2.24) is 30.1 Å². The molecule has 34 heavy (non-hydrogen) atoms. The number of methoxy groups -OCH3 is 1. The number of aromatic amines is 1. The molecule has 0 unspecified atom stereocenters. The maximum absolute atomic E-state index is 13.5. The van der Waals surface area contributed by atoms with Crippen molar-refractivity contribution in [3.63, 3.8) is 0 Å². The third-order valence-electron chi connectivity index (χ3n) is 5.94. The molecule has 0 radical (unpaired) electrons. The molecule has 0 fully saturated rings. The summed E-state index contributed by atoms with van der Waals surface area (Å²) in [7, 11) is 1.63. The van der Waals surface area contributed by atoms with Crippen molar-refractivity contribution in [2.75, 3.05) is 13.7 Å². The van der Waals surface area contributed by atoms with Crippen LogP contribution >= 0.6 is 0 Å². The van der Waals surface area contributed by atoms with E-state index in [0.717, 1.165) is 28.5 Å². The minimum atomic E-state index is -0.285. The molecule has 0 amide bonds. The first kappa shape index (κ1) is 23.7. The molecule has 0 spiro atoms.